The van der Waals surface area contributed by atoms with E-state index in [1.807, 2.05) is 61.2 Å². The highest BCUT2D eigenvalue weighted by atomic mass is 32.2. The molecule has 0 saturated heterocycles. The van der Waals surface area contributed by atoms with Gasteiger partial charge in [-0.15, -0.1) is 11.8 Å². The van der Waals surface area contributed by atoms with Crippen LogP contribution in [0.15, 0.2) is 59.5 Å². The zero-order valence-electron chi connectivity index (χ0n) is 14.1. The maximum Gasteiger partial charge on any atom is 0.242 e. The topological polar surface area (TPSA) is 54.0 Å². The molecule has 25 heavy (non-hydrogen) atoms. The van der Waals surface area contributed by atoms with Crippen LogP contribution in [0.3, 0.4) is 0 Å². The average Bonchev–Trinajstić information content (AvgIpc) is 3.04. The van der Waals surface area contributed by atoms with Crippen LogP contribution in [0, 0.1) is 0 Å². The molecule has 3 aromatic rings. The van der Waals surface area contributed by atoms with Crippen molar-refractivity contribution in [1.29, 1.82) is 0 Å². The van der Waals surface area contributed by atoms with Gasteiger partial charge >= 0.3 is 0 Å². The summed E-state index contributed by atoms with van der Waals surface area (Å²) in [7, 11) is 0. The minimum absolute atomic E-state index is 0.00367. The maximum atomic E-state index is 12.2. The molecule has 6 heteroatoms. The summed E-state index contributed by atoms with van der Waals surface area (Å²) in [5.41, 5.74) is 0.959. The van der Waals surface area contributed by atoms with Crippen LogP contribution in [0.4, 0.5) is 5.13 Å². The number of carbonyl (C=O) groups is 1. The maximum absolute atomic E-state index is 12.2. The number of aromatic nitrogens is 1. The molecule has 0 aliphatic rings. The lowest BCUT2D eigenvalue weighted by atomic mass is 10.3. The molecule has 2 N–H and O–H groups in total. The number of anilines is 1. The third-order valence-corrected chi connectivity index (χ3v) is 5.73. The third kappa shape index (κ3) is 5.21. The molecule has 2 aromatic carbocycles. The smallest absolute Gasteiger partial charge is 0.242 e. The van der Waals surface area contributed by atoms with Crippen LogP contribution in [-0.2, 0) is 4.79 Å². The summed E-state index contributed by atoms with van der Waals surface area (Å²) >= 11 is 3.38. The predicted molar refractivity (Wildman–Crippen MR) is 107 cm³/mol. The van der Waals surface area contributed by atoms with Gasteiger partial charge in [0.25, 0.3) is 0 Å². The molecule has 3 rings (SSSR count). The number of nitrogens with one attached hydrogen (secondary N) is 2. The number of carbonyl (C=O) groups excluding carboxylic acids is 1. The van der Waals surface area contributed by atoms with Crippen molar-refractivity contribution in [2.24, 2.45) is 0 Å². The van der Waals surface area contributed by atoms with E-state index >= 15 is 0 Å². The van der Waals surface area contributed by atoms with Crippen molar-refractivity contribution >= 4 is 44.4 Å². The first kappa shape index (κ1) is 17.8. The minimum atomic E-state index is -0.303. The summed E-state index contributed by atoms with van der Waals surface area (Å²) in [6.45, 7) is 2.55. The molecular weight excluding hydrogens is 350 g/mol. The van der Waals surface area contributed by atoms with Crippen LogP contribution >= 0.6 is 23.1 Å². The van der Waals surface area contributed by atoms with Crippen LogP contribution in [0.5, 0.6) is 0 Å². The Balaban J connectivity index is 1.38. The number of nitrogens with zero attached hydrogens (tertiary/aromatic N) is 1. The van der Waals surface area contributed by atoms with Gasteiger partial charge in [0.05, 0.1) is 10.2 Å². The van der Waals surface area contributed by atoms with Crippen molar-refractivity contribution in [3.63, 3.8) is 0 Å². The van der Waals surface area contributed by atoms with Gasteiger partial charge in [0.15, 0.2) is 5.13 Å². The van der Waals surface area contributed by atoms with Crippen LogP contribution in [-0.4, -0.2) is 29.2 Å². The highest BCUT2D eigenvalue weighted by Crippen LogP contribution is 2.25. The van der Waals surface area contributed by atoms with Crippen molar-refractivity contribution in [3.8, 4) is 0 Å². The first-order chi connectivity index (χ1) is 12.2. The van der Waals surface area contributed by atoms with E-state index in [-0.39, 0.29) is 11.9 Å². The van der Waals surface area contributed by atoms with Gasteiger partial charge in [-0.2, -0.15) is 0 Å². The van der Waals surface area contributed by atoms with E-state index in [0.29, 0.717) is 6.54 Å². The lowest BCUT2D eigenvalue weighted by molar-refractivity contribution is -0.121. The standard InChI is InChI=1S/C19H21N3OS2/c1-14(21-19-22-16-10-5-6-11-17(16)25-19)18(23)20-12-7-13-24-15-8-3-2-4-9-15/h2-6,8-11,14H,7,12-13H2,1H3,(H,20,23)(H,21,22)/t14-/m1/s1. The number of rotatable bonds is 8. The molecule has 1 heterocycles. The summed E-state index contributed by atoms with van der Waals surface area (Å²) in [5.74, 6) is 0.994. The van der Waals surface area contributed by atoms with Crippen molar-refractivity contribution in [1.82, 2.24) is 10.3 Å². The fraction of sp³-hybridized carbons (Fsp3) is 0.263. The van der Waals surface area contributed by atoms with E-state index in [9.17, 15) is 4.79 Å². The first-order valence-electron chi connectivity index (χ1n) is 8.30. The Morgan fingerprint density at radius 2 is 1.92 bits per heavy atom. The Morgan fingerprint density at radius 3 is 2.72 bits per heavy atom. The van der Waals surface area contributed by atoms with Crippen molar-refractivity contribution < 1.29 is 4.79 Å². The van der Waals surface area contributed by atoms with Gasteiger partial charge in [-0.05, 0) is 43.4 Å². The molecule has 0 radical (unpaired) electrons. The second kappa shape index (κ2) is 8.87. The van der Waals surface area contributed by atoms with Gasteiger partial charge in [0.1, 0.15) is 6.04 Å². The predicted octanol–water partition coefficient (Wildman–Crippen LogP) is 4.40. The Bertz CT molecular complexity index is 787. The summed E-state index contributed by atoms with van der Waals surface area (Å²) in [6, 6.07) is 18.0. The van der Waals surface area contributed by atoms with Crippen molar-refractivity contribution in [2.75, 3.05) is 17.6 Å². The largest absolute Gasteiger partial charge is 0.354 e. The second-order valence-electron chi connectivity index (χ2n) is 5.66. The summed E-state index contributed by atoms with van der Waals surface area (Å²) < 4.78 is 1.12. The molecule has 0 unspecified atom stereocenters. The quantitative estimate of drug-likeness (QED) is 0.455. The molecule has 0 spiro atoms. The minimum Gasteiger partial charge on any atom is -0.354 e. The van der Waals surface area contributed by atoms with Gasteiger partial charge in [-0.25, -0.2) is 4.98 Å². The number of thioether (sulfide) groups is 1. The lowest BCUT2D eigenvalue weighted by Gasteiger charge is -2.13. The monoisotopic (exact) mass is 371 g/mol. The number of benzene rings is 2. The Morgan fingerprint density at radius 1 is 1.16 bits per heavy atom. The summed E-state index contributed by atoms with van der Waals surface area (Å²) in [6.07, 6.45) is 0.944. The lowest BCUT2D eigenvalue weighted by Crippen LogP contribution is -2.38. The molecule has 0 aliphatic heterocycles. The number of amides is 1. The van der Waals surface area contributed by atoms with Crippen molar-refractivity contribution in [2.45, 2.75) is 24.3 Å². The zero-order chi connectivity index (χ0) is 17.5. The Labute approximate surface area is 156 Å². The number of hydrogen-bond acceptors (Lipinski definition) is 5. The molecule has 0 fully saturated rings. The molecule has 0 bridgehead atoms. The van der Waals surface area contributed by atoms with E-state index in [1.54, 1.807) is 11.3 Å². The van der Waals surface area contributed by atoms with Crippen LogP contribution in [0.1, 0.15) is 13.3 Å². The molecule has 0 saturated carbocycles. The van der Waals surface area contributed by atoms with Crippen molar-refractivity contribution in [3.05, 3.63) is 54.6 Å². The molecule has 0 aliphatic carbocycles. The Hall–Kier alpha value is -2.05. The van der Waals surface area contributed by atoms with E-state index in [4.69, 9.17) is 0 Å². The highest BCUT2D eigenvalue weighted by molar-refractivity contribution is 7.99. The highest BCUT2D eigenvalue weighted by Gasteiger charge is 2.14. The second-order valence-corrected chi connectivity index (χ2v) is 7.86. The summed E-state index contributed by atoms with van der Waals surface area (Å²) in [5, 5.41) is 6.95. The molecule has 4 nitrogen and oxygen atoms in total. The van der Waals surface area contributed by atoms with Crippen LogP contribution in [0.2, 0.25) is 0 Å². The van der Waals surface area contributed by atoms with Gasteiger partial charge in [-0.3, -0.25) is 4.79 Å². The normalized spacial score (nSPS) is 12.0. The van der Waals surface area contributed by atoms with E-state index in [0.717, 1.165) is 27.5 Å². The van der Waals surface area contributed by atoms with Crippen LogP contribution < -0.4 is 10.6 Å². The van der Waals surface area contributed by atoms with E-state index in [2.05, 4.69) is 27.8 Å². The van der Waals surface area contributed by atoms with Crippen LogP contribution in [0.25, 0.3) is 10.2 Å². The van der Waals surface area contributed by atoms with E-state index < -0.39 is 0 Å². The number of para-hydroxylation sites is 1. The fourth-order valence-corrected chi connectivity index (χ4v) is 4.16. The molecule has 1 amide bonds. The zero-order valence-corrected chi connectivity index (χ0v) is 15.7. The molecular formula is C19H21N3OS2. The Kier molecular flexibility index (Phi) is 6.30. The summed E-state index contributed by atoms with van der Waals surface area (Å²) in [4.78, 5) is 18.0. The third-order valence-electron chi connectivity index (χ3n) is 3.66. The average molecular weight is 372 g/mol. The first-order valence-corrected chi connectivity index (χ1v) is 10.1. The molecule has 1 aromatic heterocycles. The number of fused-ring (bicyclic) bond motifs is 1. The van der Waals surface area contributed by atoms with E-state index in [1.165, 1.54) is 4.90 Å². The SMILES string of the molecule is C[C@@H](Nc1nc2ccccc2s1)C(=O)NCCCSc1ccccc1. The number of thiazole rings is 1. The van der Waals surface area contributed by atoms with Gasteiger partial charge in [0, 0.05) is 11.4 Å². The number of hydrogen-bond donors (Lipinski definition) is 2. The van der Waals surface area contributed by atoms with Gasteiger partial charge < -0.3 is 10.6 Å². The molecule has 130 valence electrons. The molecule has 1 atom stereocenters. The van der Waals surface area contributed by atoms with Gasteiger partial charge in [0.2, 0.25) is 5.91 Å². The fourth-order valence-electron chi connectivity index (χ4n) is 2.33. The van der Waals surface area contributed by atoms with Gasteiger partial charge in [-0.1, -0.05) is 41.7 Å².